The molecule has 0 saturated carbocycles. The van der Waals surface area contributed by atoms with E-state index in [1.165, 1.54) is 0 Å². The Kier molecular flexibility index (Phi) is 7.10. The minimum absolute atomic E-state index is 0.0154. The number of hydrogen-bond donors (Lipinski definition) is 0. The van der Waals surface area contributed by atoms with Gasteiger partial charge in [0.1, 0.15) is 0 Å². The lowest BCUT2D eigenvalue weighted by Gasteiger charge is -2.25. The van der Waals surface area contributed by atoms with E-state index in [-0.39, 0.29) is 17.7 Å². The first-order valence-corrected chi connectivity index (χ1v) is 9.29. The molecule has 1 aliphatic rings. The highest BCUT2D eigenvalue weighted by atomic mass is 35.5. The third kappa shape index (κ3) is 4.73. The summed E-state index contributed by atoms with van der Waals surface area (Å²) in [5.41, 5.74) is 0.813. The summed E-state index contributed by atoms with van der Waals surface area (Å²) in [5, 5.41) is 0.642. The van der Waals surface area contributed by atoms with E-state index in [0.717, 1.165) is 44.5 Å². The predicted molar refractivity (Wildman–Crippen MR) is 98.3 cm³/mol. The molecule has 1 heterocycles. The highest BCUT2D eigenvalue weighted by Gasteiger charge is 2.36. The van der Waals surface area contributed by atoms with E-state index in [0.29, 0.717) is 18.0 Å². The van der Waals surface area contributed by atoms with Gasteiger partial charge in [0.2, 0.25) is 11.8 Å². The van der Waals surface area contributed by atoms with Crippen molar-refractivity contribution in [2.24, 2.45) is 5.92 Å². The molecule has 5 heteroatoms. The Labute approximate surface area is 149 Å². The average molecular weight is 351 g/mol. The molecule has 0 aliphatic carbocycles. The summed E-state index contributed by atoms with van der Waals surface area (Å²) in [6, 6.07) is 7.21. The fraction of sp³-hybridized carbons (Fsp3) is 0.579. The smallest absolute Gasteiger partial charge is 0.228 e. The molecular weight excluding hydrogens is 324 g/mol. The number of halogens is 1. The largest absolute Gasteiger partial charge is 0.342 e. The van der Waals surface area contributed by atoms with Crippen LogP contribution in [0, 0.1) is 5.92 Å². The Morgan fingerprint density at radius 2 is 1.75 bits per heavy atom. The van der Waals surface area contributed by atoms with Gasteiger partial charge in [0.15, 0.2) is 0 Å². The first kappa shape index (κ1) is 18.8. The second kappa shape index (κ2) is 9.07. The van der Waals surface area contributed by atoms with E-state index in [4.69, 9.17) is 11.6 Å². The number of hydrogen-bond acceptors (Lipinski definition) is 2. The van der Waals surface area contributed by atoms with E-state index in [9.17, 15) is 9.59 Å². The van der Waals surface area contributed by atoms with Crippen molar-refractivity contribution in [3.63, 3.8) is 0 Å². The number of benzene rings is 1. The van der Waals surface area contributed by atoms with E-state index < -0.39 is 0 Å². The van der Waals surface area contributed by atoms with Crippen molar-refractivity contribution in [3.05, 3.63) is 29.3 Å². The van der Waals surface area contributed by atoms with Crippen molar-refractivity contribution < 1.29 is 9.59 Å². The van der Waals surface area contributed by atoms with Crippen molar-refractivity contribution in [2.45, 2.75) is 46.0 Å². The third-order valence-corrected chi connectivity index (χ3v) is 4.74. The van der Waals surface area contributed by atoms with E-state index in [2.05, 4.69) is 13.8 Å². The van der Waals surface area contributed by atoms with Gasteiger partial charge in [0.25, 0.3) is 0 Å². The molecule has 2 rings (SSSR count). The van der Waals surface area contributed by atoms with Crippen LogP contribution in [0.4, 0.5) is 5.69 Å². The van der Waals surface area contributed by atoms with Crippen molar-refractivity contribution >= 4 is 29.1 Å². The van der Waals surface area contributed by atoms with Crippen LogP contribution in [0.1, 0.15) is 46.0 Å². The third-order valence-electron chi connectivity index (χ3n) is 4.49. The fourth-order valence-electron chi connectivity index (χ4n) is 3.03. The Bertz CT molecular complexity index is 551. The molecule has 1 atom stereocenters. The van der Waals surface area contributed by atoms with Gasteiger partial charge in [-0.25, -0.2) is 0 Å². The van der Waals surface area contributed by atoms with Crippen LogP contribution >= 0.6 is 11.6 Å². The maximum atomic E-state index is 12.9. The van der Waals surface area contributed by atoms with Crippen LogP contribution in [0.25, 0.3) is 0 Å². The Hall–Kier alpha value is -1.55. The van der Waals surface area contributed by atoms with Gasteiger partial charge >= 0.3 is 0 Å². The van der Waals surface area contributed by atoms with Crippen molar-refractivity contribution in [1.29, 1.82) is 0 Å². The number of carbonyl (C=O) groups excluding carboxylic acids is 2. The monoisotopic (exact) mass is 350 g/mol. The fourth-order valence-corrected chi connectivity index (χ4v) is 3.16. The van der Waals surface area contributed by atoms with Gasteiger partial charge in [-0.3, -0.25) is 9.59 Å². The van der Waals surface area contributed by atoms with Crippen LogP contribution in [0.2, 0.25) is 5.02 Å². The van der Waals surface area contributed by atoms with Gasteiger partial charge in [-0.15, -0.1) is 0 Å². The summed E-state index contributed by atoms with van der Waals surface area (Å²) in [6.45, 7) is 6.31. The SMILES string of the molecule is CCCCN(CCCC)C(=O)[C@@H]1CC(=O)N(c2ccc(Cl)cc2)C1. The normalized spacial score (nSPS) is 17.4. The predicted octanol–water partition coefficient (Wildman–Crippen LogP) is 4.12. The summed E-state index contributed by atoms with van der Waals surface area (Å²) < 4.78 is 0. The molecule has 24 heavy (non-hydrogen) atoms. The van der Waals surface area contributed by atoms with E-state index in [1.54, 1.807) is 17.0 Å². The lowest BCUT2D eigenvalue weighted by molar-refractivity contribution is -0.136. The molecule has 1 aliphatic heterocycles. The number of amides is 2. The van der Waals surface area contributed by atoms with Crippen molar-refractivity contribution in [2.75, 3.05) is 24.5 Å². The molecule has 132 valence electrons. The minimum atomic E-state index is -0.234. The molecule has 0 aromatic heterocycles. The van der Waals surface area contributed by atoms with Crippen molar-refractivity contribution in [3.8, 4) is 0 Å². The maximum Gasteiger partial charge on any atom is 0.228 e. The molecule has 1 fully saturated rings. The maximum absolute atomic E-state index is 12.9. The molecule has 0 radical (unpaired) electrons. The zero-order chi connectivity index (χ0) is 17.5. The number of anilines is 1. The van der Waals surface area contributed by atoms with Crippen LogP contribution in [0.15, 0.2) is 24.3 Å². The Balaban J connectivity index is 2.04. The molecular formula is C19H27ClN2O2. The highest BCUT2D eigenvalue weighted by Crippen LogP contribution is 2.27. The molecule has 4 nitrogen and oxygen atoms in total. The van der Waals surface area contributed by atoms with Gasteiger partial charge in [0, 0.05) is 36.8 Å². The van der Waals surface area contributed by atoms with Crippen LogP contribution < -0.4 is 4.90 Å². The van der Waals surface area contributed by atoms with Crippen molar-refractivity contribution in [1.82, 2.24) is 4.90 Å². The van der Waals surface area contributed by atoms with Gasteiger partial charge in [-0.2, -0.15) is 0 Å². The summed E-state index contributed by atoms with van der Waals surface area (Å²) >= 11 is 5.91. The van der Waals surface area contributed by atoms with Gasteiger partial charge in [0.05, 0.1) is 5.92 Å². The summed E-state index contributed by atoms with van der Waals surface area (Å²) in [7, 11) is 0. The lowest BCUT2D eigenvalue weighted by atomic mass is 10.1. The average Bonchev–Trinajstić information content (AvgIpc) is 2.97. The molecule has 1 aromatic rings. The number of rotatable bonds is 8. The zero-order valence-electron chi connectivity index (χ0n) is 14.6. The highest BCUT2D eigenvalue weighted by molar-refractivity contribution is 6.30. The van der Waals surface area contributed by atoms with Gasteiger partial charge in [-0.05, 0) is 37.1 Å². The second-order valence-corrected chi connectivity index (χ2v) is 6.85. The van der Waals surface area contributed by atoms with E-state index in [1.807, 2.05) is 17.0 Å². The molecule has 1 saturated heterocycles. The first-order chi connectivity index (χ1) is 11.6. The molecule has 0 unspecified atom stereocenters. The summed E-state index contributed by atoms with van der Waals surface area (Å²) in [4.78, 5) is 28.9. The topological polar surface area (TPSA) is 40.6 Å². The summed E-state index contributed by atoms with van der Waals surface area (Å²) in [6.07, 6.45) is 4.46. The van der Waals surface area contributed by atoms with Gasteiger partial charge < -0.3 is 9.80 Å². The molecule has 0 N–H and O–H groups in total. The van der Waals surface area contributed by atoms with Crippen LogP contribution in [0.3, 0.4) is 0 Å². The van der Waals surface area contributed by atoms with Crippen LogP contribution in [0.5, 0.6) is 0 Å². The quantitative estimate of drug-likeness (QED) is 0.707. The van der Waals surface area contributed by atoms with Crippen LogP contribution in [-0.4, -0.2) is 36.3 Å². The number of nitrogens with zero attached hydrogens (tertiary/aromatic N) is 2. The Morgan fingerprint density at radius 1 is 1.17 bits per heavy atom. The van der Waals surface area contributed by atoms with Gasteiger partial charge in [-0.1, -0.05) is 38.3 Å². The first-order valence-electron chi connectivity index (χ1n) is 8.91. The second-order valence-electron chi connectivity index (χ2n) is 6.41. The lowest BCUT2D eigenvalue weighted by Crippen LogP contribution is -2.38. The molecule has 0 spiro atoms. The molecule has 1 aromatic carbocycles. The Morgan fingerprint density at radius 3 is 2.29 bits per heavy atom. The van der Waals surface area contributed by atoms with E-state index >= 15 is 0 Å². The summed E-state index contributed by atoms with van der Waals surface area (Å²) in [5.74, 6) is -0.0924. The standard InChI is InChI=1S/C19H27ClN2O2/c1-3-5-11-21(12-6-4-2)19(24)15-13-18(23)22(14-15)17-9-7-16(20)8-10-17/h7-10,15H,3-6,11-14H2,1-2H3/t15-/m1/s1. The molecule has 2 amide bonds. The minimum Gasteiger partial charge on any atom is -0.342 e. The zero-order valence-corrected chi connectivity index (χ0v) is 15.4. The molecule has 0 bridgehead atoms. The van der Waals surface area contributed by atoms with Crippen LogP contribution in [-0.2, 0) is 9.59 Å². The number of carbonyl (C=O) groups is 2. The number of unbranched alkanes of at least 4 members (excludes halogenated alkanes) is 2.